The Morgan fingerprint density at radius 1 is 1.17 bits per heavy atom. The van der Waals surface area contributed by atoms with Crippen LogP contribution in [0.1, 0.15) is 48.5 Å². The molecule has 0 unspecified atom stereocenters. The SMILES string of the molecule is CN(C=O)CCN(C)c1cc(-c2ccc3c(c2)ncn3C2CCCCC2)c2nc[nH]c2c1C(N)=O. The van der Waals surface area contributed by atoms with E-state index in [0.29, 0.717) is 41.4 Å². The second kappa shape index (κ2) is 9.40. The summed E-state index contributed by atoms with van der Waals surface area (Å²) < 4.78 is 2.32. The zero-order valence-electron chi connectivity index (χ0n) is 20.2. The van der Waals surface area contributed by atoms with E-state index in [1.165, 1.54) is 32.1 Å². The first-order valence-electron chi connectivity index (χ1n) is 12.1. The summed E-state index contributed by atoms with van der Waals surface area (Å²) in [6.07, 6.45) is 10.6. The number of anilines is 1. The average molecular weight is 474 g/mol. The molecule has 4 aromatic rings. The molecule has 0 aliphatic heterocycles. The molecule has 9 nitrogen and oxygen atoms in total. The van der Waals surface area contributed by atoms with Gasteiger partial charge in [-0.15, -0.1) is 0 Å². The number of amides is 2. The quantitative estimate of drug-likeness (QED) is 0.379. The molecule has 1 aliphatic carbocycles. The number of rotatable bonds is 8. The molecular weight excluding hydrogens is 442 g/mol. The van der Waals surface area contributed by atoms with E-state index >= 15 is 0 Å². The number of primary amides is 1. The second-order valence-corrected chi connectivity index (χ2v) is 9.46. The van der Waals surface area contributed by atoms with E-state index in [2.05, 4.69) is 32.7 Å². The monoisotopic (exact) mass is 473 g/mol. The van der Waals surface area contributed by atoms with Crippen molar-refractivity contribution in [1.82, 2.24) is 24.4 Å². The lowest BCUT2D eigenvalue weighted by molar-refractivity contribution is -0.116. The number of carbonyl (C=O) groups is 2. The Labute approximate surface area is 203 Å². The molecule has 3 N–H and O–H groups in total. The van der Waals surface area contributed by atoms with Crippen LogP contribution in [-0.4, -0.2) is 63.9 Å². The number of aromatic nitrogens is 4. The Kier molecular flexibility index (Phi) is 6.15. The van der Waals surface area contributed by atoms with E-state index in [-0.39, 0.29) is 0 Å². The van der Waals surface area contributed by atoms with E-state index in [4.69, 9.17) is 10.7 Å². The molecule has 1 fully saturated rings. The summed E-state index contributed by atoms with van der Waals surface area (Å²) >= 11 is 0. The highest BCUT2D eigenvalue weighted by Gasteiger charge is 2.23. The molecule has 2 heterocycles. The molecule has 2 aromatic carbocycles. The minimum atomic E-state index is -0.530. The molecule has 5 rings (SSSR count). The van der Waals surface area contributed by atoms with Gasteiger partial charge in [-0.2, -0.15) is 0 Å². The van der Waals surface area contributed by atoms with Crippen LogP contribution in [0.25, 0.3) is 33.2 Å². The number of hydrogen-bond acceptors (Lipinski definition) is 5. The van der Waals surface area contributed by atoms with Gasteiger partial charge in [0.1, 0.15) is 0 Å². The topological polar surface area (TPSA) is 113 Å². The van der Waals surface area contributed by atoms with Gasteiger partial charge >= 0.3 is 0 Å². The normalized spacial score (nSPS) is 14.5. The summed E-state index contributed by atoms with van der Waals surface area (Å²) in [5, 5.41) is 0. The predicted octanol–water partition coefficient (Wildman–Crippen LogP) is 3.71. The van der Waals surface area contributed by atoms with E-state index in [1.54, 1.807) is 18.3 Å². The highest BCUT2D eigenvalue weighted by molar-refractivity contribution is 6.13. The predicted molar refractivity (Wildman–Crippen MR) is 137 cm³/mol. The van der Waals surface area contributed by atoms with Gasteiger partial charge in [-0.1, -0.05) is 25.3 Å². The Balaban J connectivity index is 1.59. The molecule has 0 atom stereocenters. The third-order valence-corrected chi connectivity index (χ3v) is 7.16. The van der Waals surface area contributed by atoms with Gasteiger partial charge in [0.05, 0.1) is 46.0 Å². The van der Waals surface area contributed by atoms with Gasteiger partial charge < -0.3 is 25.1 Å². The van der Waals surface area contributed by atoms with Crippen molar-refractivity contribution in [3.63, 3.8) is 0 Å². The van der Waals surface area contributed by atoms with Gasteiger partial charge in [0.25, 0.3) is 5.91 Å². The molecule has 1 aliphatic rings. The van der Waals surface area contributed by atoms with Crippen LogP contribution >= 0.6 is 0 Å². The number of likely N-dealkylation sites (N-methyl/N-ethyl adjacent to an activating group) is 2. The Bertz CT molecular complexity index is 1380. The largest absolute Gasteiger partial charge is 0.372 e. The average Bonchev–Trinajstić information content (AvgIpc) is 3.53. The fourth-order valence-corrected chi connectivity index (χ4v) is 5.20. The van der Waals surface area contributed by atoms with E-state index in [9.17, 15) is 9.59 Å². The van der Waals surface area contributed by atoms with Crippen molar-refractivity contribution in [2.45, 2.75) is 38.1 Å². The van der Waals surface area contributed by atoms with Crippen molar-refractivity contribution in [1.29, 1.82) is 0 Å². The summed E-state index contributed by atoms with van der Waals surface area (Å²) in [7, 11) is 3.61. The number of benzene rings is 2. The van der Waals surface area contributed by atoms with Crippen molar-refractivity contribution in [3.8, 4) is 11.1 Å². The van der Waals surface area contributed by atoms with Crippen LogP contribution in [0, 0.1) is 0 Å². The lowest BCUT2D eigenvalue weighted by atomic mass is 9.95. The molecule has 0 radical (unpaired) electrons. The lowest BCUT2D eigenvalue weighted by Gasteiger charge is -2.25. The summed E-state index contributed by atoms with van der Waals surface area (Å²) in [6.45, 7) is 1.05. The number of carbonyl (C=O) groups excluding carboxylic acids is 2. The summed E-state index contributed by atoms with van der Waals surface area (Å²) in [5.74, 6) is -0.530. The molecule has 1 saturated carbocycles. The standard InChI is InChI=1S/C26H31N7O2/c1-31(16-34)10-11-32(2)22-13-19(24-25(29-14-28-24)23(22)26(27)35)17-8-9-21-20(12-17)30-15-33(21)18-6-4-3-5-7-18/h8-9,12-16,18H,3-7,10-11H2,1-2H3,(H2,27,35)(H,28,29). The van der Waals surface area contributed by atoms with Gasteiger partial charge in [-0.3, -0.25) is 9.59 Å². The Morgan fingerprint density at radius 2 is 1.97 bits per heavy atom. The Morgan fingerprint density at radius 3 is 2.71 bits per heavy atom. The maximum atomic E-state index is 12.5. The third-order valence-electron chi connectivity index (χ3n) is 7.16. The van der Waals surface area contributed by atoms with Crippen LogP contribution in [0.15, 0.2) is 36.9 Å². The highest BCUT2D eigenvalue weighted by Crippen LogP contribution is 2.37. The molecule has 0 bridgehead atoms. The molecule has 2 amide bonds. The van der Waals surface area contributed by atoms with Gasteiger partial charge in [0.2, 0.25) is 6.41 Å². The molecule has 182 valence electrons. The summed E-state index contributed by atoms with van der Waals surface area (Å²) in [6, 6.07) is 8.79. The first kappa shape index (κ1) is 22.9. The van der Waals surface area contributed by atoms with E-state index in [1.807, 2.05) is 24.3 Å². The van der Waals surface area contributed by atoms with Crippen LogP contribution in [0.2, 0.25) is 0 Å². The minimum Gasteiger partial charge on any atom is -0.372 e. The van der Waals surface area contributed by atoms with Crippen molar-refractivity contribution >= 4 is 40.1 Å². The maximum Gasteiger partial charge on any atom is 0.253 e. The molecule has 0 saturated heterocycles. The number of nitrogens with one attached hydrogen (secondary N) is 1. The molecule has 9 heteroatoms. The van der Waals surface area contributed by atoms with Crippen LogP contribution in [0.5, 0.6) is 0 Å². The molecule has 2 aromatic heterocycles. The smallest absolute Gasteiger partial charge is 0.253 e. The zero-order valence-corrected chi connectivity index (χ0v) is 20.2. The summed E-state index contributed by atoms with van der Waals surface area (Å²) in [5.41, 5.74) is 12.1. The number of nitrogens with zero attached hydrogens (tertiary/aromatic N) is 5. The first-order chi connectivity index (χ1) is 17.0. The van der Waals surface area contributed by atoms with E-state index in [0.717, 1.165) is 28.6 Å². The fourth-order valence-electron chi connectivity index (χ4n) is 5.20. The van der Waals surface area contributed by atoms with Crippen molar-refractivity contribution in [2.24, 2.45) is 5.73 Å². The second-order valence-electron chi connectivity index (χ2n) is 9.46. The van der Waals surface area contributed by atoms with Crippen molar-refractivity contribution in [2.75, 3.05) is 32.1 Å². The third kappa shape index (κ3) is 4.22. The summed E-state index contributed by atoms with van der Waals surface area (Å²) in [4.78, 5) is 39.4. The Hall–Kier alpha value is -3.88. The fraction of sp³-hybridized carbons (Fsp3) is 0.385. The number of imidazole rings is 2. The van der Waals surface area contributed by atoms with Gasteiger partial charge in [0, 0.05) is 38.8 Å². The number of nitrogens with two attached hydrogens (primary N) is 1. The van der Waals surface area contributed by atoms with Crippen LogP contribution in [0.3, 0.4) is 0 Å². The van der Waals surface area contributed by atoms with Crippen molar-refractivity contribution < 1.29 is 9.59 Å². The minimum absolute atomic E-state index is 0.389. The van der Waals surface area contributed by atoms with Gasteiger partial charge in [0.15, 0.2) is 0 Å². The number of hydrogen-bond donors (Lipinski definition) is 2. The maximum absolute atomic E-state index is 12.5. The number of H-pyrrole nitrogens is 1. The van der Waals surface area contributed by atoms with Crippen molar-refractivity contribution in [3.05, 3.63) is 42.5 Å². The number of aromatic amines is 1. The van der Waals surface area contributed by atoms with Crippen LogP contribution < -0.4 is 10.6 Å². The molecule has 0 spiro atoms. The zero-order chi connectivity index (χ0) is 24.5. The first-order valence-corrected chi connectivity index (χ1v) is 12.1. The van der Waals surface area contributed by atoms with Crippen LogP contribution in [0.4, 0.5) is 5.69 Å². The van der Waals surface area contributed by atoms with Gasteiger partial charge in [-0.05, 0) is 36.6 Å². The van der Waals surface area contributed by atoms with Gasteiger partial charge in [-0.25, -0.2) is 9.97 Å². The van der Waals surface area contributed by atoms with E-state index < -0.39 is 5.91 Å². The lowest BCUT2D eigenvalue weighted by Crippen LogP contribution is -2.31. The van der Waals surface area contributed by atoms with Crippen LogP contribution in [-0.2, 0) is 4.79 Å². The number of fused-ring (bicyclic) bond motifs is 2. The molecule has 35 heavy (non-hydrogen) atoms. The molecular formula is C26H31N7O2. The highest BCUT2D eigenvalue weighted by atomic mass is 16.1.